The Hall–Kier alpha value is -0.870. The van der Waals surface area contributed by atoms with Crippen LogP contribution in [0.4, 0.5) is 0 Å². The first-order valence-electron chi connectivity index (χ1n) is 7.44. The third kappa shape index (κ3) is 2.63. The summed E-state index contributed by atoms with van der Waals surface area (Å²) in [5.41, 5.74) is 1.30. The molecular weight excluding hydrogens is 270 g/mol. The molecule has 2 aliphatic heterocycles. The van der Waals surface area contributed by atoms with Gasteiger partial charge in [0.25, 0.3) is 0 Å². The number of thioether (sulfide) groups is 1. The van der Waals surface area contributed by atoms with Gasteiger partial charge < -0.3 is 14.8 Å². The molecule has 0 aliphatic carbocycles. The van der Waals surface area contributed by atoms with Gasteiger partial charge in [-0.15, -0.1) is 0 Å². The summed E-state index contributed by atoms with van der Waals surface area (Å²) in [7, 11) is 1.71. The highest BCUT2D eigenvalue weighted by Gasteiger charge is 2.43. The molecule has 1 spiro atoms. The predicted molar refractivity (Wildman–Crippen MR) is 83.9 cm³/mol. The van der Waals surface area contributed by atoms with Crippen molar-refractivity contribution >= 4 is 11.8 Å². The molecule has 3 rings (SSSR count). The second-order valence-electron chi connectivity index (χ2n) is 5.70. The van der Waals surface area contributed by atoms with Crippen LogP contribution in [0.1, 0.15) is 37.8 Å². The summed E-state index contributed by atoms with van der Waals surface area (Å²) in [6.07, 6.45) is 3.39. The Bertz CT molecular complexity index is 472. The minimum absolute atomic E-state index is 0.0233. The van der Waals surface area contributed by atoms with Crippen LogP contribution in [0, 0.1) is 0 Å². The maximum Gasteiger partial charge on any atom is 0.128 e. The Morgan fingerprint density at radius 2 is 2.40 bits per heavy atom. The maximum atomic E-state index is 6.39. The molecule has 1 aromatic rings. The van der Waals surface area contributed by atoms with Crippen LogP contribution in [-0.4, -0.2) is 30.8 Å². The van der Waals surface area contributed by atoms with Crippen molar-refractivity contribution in [2.45, 2.75) is 37.8 Å². The second-order valence-corrected chi connectivity index (χ2v) is 6.81. The first kappa shape index (κ1) is 14.1. The molecule has 0 amide bonds. The molecule has 2 heterocycles. The normalized spacial score (nSPS) is 28.2. The van der Waals surface area contributed by atoms with Crippen LogP contribution in [0.3, 0.4) is 0 Å². The van der Waals surface area contributed by atoms with Crippen molar-refractivity contribution in [2.75, 3.05) is 25.2 Å². The van der Waals surface area contributed by atoms with Gasteiger partial charge in [-0.05, 0) is 31.2 Å². The number of fused-ring (bicyclic) bond motifs is 1. The average molecular weight is 293 g/mol. The molecule has 1 N–H and O–H groups in total. The van der Waals surface area contributed by atoms with Crippen molar-refractivity contribution in [3.05, 3.63) is 23.8 Å². The first-order valence-corrected chi connectivity index (χ1v) is 8.60. The number of nitrogens with one attached hydrogen (secondary N) is 1. The van der Waals surface area contributed by atoms with Crippen LogP contribution < -0.4 is 14.8 Å². The van der Waals surface area contributed by atoms with Crippen molar-refractivity contribution in [1.82, 2.24) is 5.32 Å². The van der Waals surface area contributed by atoms with E-state index in [2.05, 4.69) is 18.3 Å². The number of benzene rings is 1. The molecular formula is C16H23NO2S. The molecule has 0 radical (unpaired) electrons. The van der Waals surface area contributed by atoms with E-state index in [9.17, 15) is 0 Å². The molecule has 0 bridgehead atoms. The molecule has 2 aliphatic rings. The predicted octanol–water partition coefficient (Wildman–Crippen LogP) is 3.39. The largest absolute Gasteiger partial charge is 0.497 e. The van der Waals surface area contributed by atoms with Crippen molar-refractivity contribution in [3.8, 4) is 11.5 Å². The van der Waals surface area contributed by atoms with Gasteiger partial charge in [0.1, 0.15) is 17.1 Å². The molecule has 1 fully saturated rings. The average Bonchev–Trinajstić information content (AvgIpc) is 2.91. The van der Waals surface area contributed by atoms with Crippen LogP contribution >= 0.6 is 11.8 Å². The van der Waals surface area contributed by atoms with E-state index < -0.39 is 0 Å². The maximum absolute atomic E-state index is 6.39. The van der Waals surface area contributed by atoms with Crippen LogP contribution in [0.25, 0.3) is 0 Å². The number of rotatable bonds is 4. The topological polar surface area (TPSA) is 30.5 Å². The van der Waals surface area contributed by atoms with Gasteiger partial charge in [-0.25, -0.2) is 0 Å². The molecule has 1 saturated heterocycles. The van der Waals surface area contributed by atoms with Crippen molar-refractivity contribution in [3.63, 3.8) is 0 Å². The lowest BCUT2D eigenvalue weighted by Crippen LogP contribution is -2.44. The van der Waals surface area contributed by atoms with Gasteiger partial charge in [0.15, 0.2) is 0 Å². The Morgan fingerprint density at radius 1 is 1.50 bits per heavy atom. The van der Waals surface area contributed by atoms with Crippen LogP contribution in [-0.2, 0) is 0 Å². The summed E-state index contributed by atoms with van der Waals surface area (Å²) in [5.74, 6) is 4.20. The highest BCUT2D eigenvalue weighted by molar-refractivity contribution is 7.99. The number of methoxy groups -OCH3 is 1. The highest BCUT2D eigenvalue weighted by Crippen LogP contribution is 2.46. The Labute approximate surface area is 125 Å². The number of hydrogen-bond acceptors (Lipinski definition) is 4. The molecule has 110 valence electrons. The summed E-state index contributed by atoms with van der Waals surface area (Å²) in [6.45, 7) is 3.27. The van der Waals surface area contributed by atoms with E-state index in [1.54, 1.807) is 7.11 Å². The summed E-state index contributed by atoms with van der Waals surface area (Å²) in [5, 5.41) is 3.69. The standard InChI is InChI=1S/C16H23NO2S/c1-3-7-17-14-10-16(6-8-20-11-16)19-15-9-12(18-2)4-5-13(14)15/h4-5,9,14,17H,3,6-8,10-11H2,1-2H3. The third-order valence-corrected chi connectivity index (χ3v) is 5.43. The van der Waals surface area contributed by atoms with Crippen LogP contribution in [0.5, 0.6) is 11.5 Å². The first-order chi connectivity index (χ1) is 9.76. The zero-order chi connectivity index (χ0) is 14.0. The minimum atomic E-state index is 0.0233. The molecule has 20 heavy (non-hydrogen) atoms. The van der Waals surface area contributed by atoms with E-state index in [-0.39, 0.29) is 5.60 Å². The van der Waals surface area contributed by atoms with E-state index in [1.165, 1.54) is 11.3 Å². The van der Waals surface area contributed by atoms with Gasteiger partial charge in [-0.3, -0.25) is 0 Å². The Kier molecular flexibility index (Phi) is 4.13. The monoisotopic (exact) mass is 293 g/mol. The van der Waals surface area contributed by atoms with Crippen molar-refractivity contribution in [1.29, 1.82) is 0 Å². The van der Waals surface area contributed by atoms with E-state index in [0.717, 1.165) is 43.1 Å². The van der Waals surface area contributed by atoms with Crippen molar-refractivity contribution in [2.24, 2.45) is 0 Å². The van der Waals surface area contributed by atoms with Gasteiger partial charge >= 0.3 is 0 Å². The van der Waals surface area contributed by atoms with Gasteiger partial charge in [-0.1, -0.05) is 13.0 Å². The molecule has 2 atom stereocenters. The van der Waals surface area contributed by atoms with Gasteiger partial charge in [0.05, 0.1) is 7.11 Å². The van der Waals surface area contributed by atoms with Gasteiger partial charge in [0, 0.05) is 29.8 Å². The van der Waals surface area contributed by atoms with Crippen LogP contribution in [0.2, 0.25) is 0 Å². The third-order valence-electron chi connectivity index (χ3n) is 4.21. The molecule has 4 heteroatoms. The fourth-order valence-electron chi connectivity index (χ4n) is 3.11. The summed E-state index contributed by atoms with van der Waals surface area (Å²) >= 11 is 2.01. The zero-order valence-electron chi connectivity index (χ0n) is 12.3. The van der Waals surface area contributed by atoms with E-state index in [4.69, 9.17) is 9.47 Å². The molecule has 1 aromatic carbocycles. The lowest BCUT2D eigenvalue weighted by molar-refractivity contribution is 0.0549. The quantitative estimate of drug-likeness (QED) is 0.922. The second kappa shape index (κ2) is 5.86. The lowest BCUT2D eigenvalue weighted by atomic mass is 9.86. The Balaban J connectivity index is 1.91. The van der Waals surface area contributed by atoms with E-state index in [1.807, 2.05) is 23.9 Å². The smallest absolute Gasteiger partial charge is 0.128 e. The molecule has 3 nitrogen and oxygen atoms in total. The SMILES string of the molecule is CCCNC1CC2(CCSC2)Oc2cc(OC)ccc21. The van der Waals surface area contributed by atoms with Gasteiger partial charge in [0.2, 0.25) is 0 Å². The summed E-state index contributed by atoms with van der Waals surface area (Å²) in [4.78, 5) is 0. The highest BCUT2D eigenvalue weighted by atomic mass is 32.2. The minimum Gasteiger partial charge on any atom is -0.497 e. The lowest BCUT2D eigenvalue weighted by Gasteiger charge is -2.40. The Morgan fingerprint density at radius 3 is 3.10 bits per heavy atom. The fourth-order valence-corrected chi connectivity index (χ4v) is 4.46. The molecule has 2 unspecified atom stereocenters. The zero-order valence-corrected chi connectivity index (χ0v) is 13.1. The molecule has 0 saturated carbocycles. The van der Waals surface area contributed by atoms with Crippen LogP contribution in [0.15, 0.2) is 18.2 Å². The summed E-state index contributed by atoms with van der Waals surface area (Å²) < 4.78 is 11.7. The van der Waals surface area contributed by atoms with E-state index >= 15 is 0 Å². The summed E-state index contributed by atoms with van der Waals surface area (Å²) in [6, 6.07) is 6.63. The van der Waals surface area contributed by atoms with Crippen molar-refractivity contribution < 1.29 is 9.47 Å². The fraction of sp³-hybridized carbons (Fsp3) is 0.625. The number of ether oxygens (including phenoxy) is 2. The molecule has 0 aromatic heterocycles. The van der Waals surface area contributed by atoms with E-state index in [0.29, 0.717) is 6.04 Å². The number of hydrogen-bond donors (Lipinski definition) is 1. The van der Waals surface area contributed by atoms with Gasteiger partial charge in [-0.2, -0.15) is 11.8 Å².